The fourth-order valence-corrected chi connectivity index (χ4v) is 3.12. The summed E-state index contributed by atoms with van der Waals surface area (Å²) in [7, 11) is 0. The minimum atomic E-state index is -0.0683. The lowest BCUT2D eigenvalue weighted by Crippen LogP contribution is -2.29. The van der Waals surface area contributed by atoms with E-state index < -0.39 is 0 Å². The van der Waals surface area contributed by atoms with Gasteiger partial charge < -0.3 is 5.32 Å². The second-order valence-corrected chi connectivity index (χ2v) is 6.62. The molecule has 3 nitrogen and oxygen atoms in total. The Bertz CT molecular complexity index is 686. The Labute approximate surface area is 150 Å². The number of piperidine rings is 1. The van der Waals surface area contributed by atoms with Crippen molar-refractivity contribution in [2.75, 3.05) is 13.1 Å². The lowest BCUT2D eigenvalue weighted by molar-refractivity contribution is -0.116. The largest absolute Gasteiger partial charge is 0.348 e. The van der Waals surface area contributed by atoms with Crippen LogP contribution >= 0.6 is 0 Å². The van der Waals surface area contributed by atoms with Crippen LogP contribution in [0.1, 0.15) is 36.0 Å². The predicted molar refractivity (Wildman–Crippen MR) is 103 cm³/mol. The van der Waals surface area contributed by atoms with Crippen molar-refractivity contribution in [3.63, 3.8) is 0 Å². The number of carbonyl (C=O) groups is 1. The molecule has 1 heterocycles. The van der Waals surface area contributed by atoms with Crippen LogP contribution in [0.15, 0.2) is 60.7 Å². The van der Waals surface area contributed by atoms with E-state index in [0.717, 1.165) is 17.7 Å². The smallest absolute Gasteiger partial charge is 0.244 e. The third-order valence-electron chi connectivity index (χ3n) is 4.57. The molecule has 1 aliphatic heterocycles. The Morgan fingerprint density at radius 3 is 2.32 bits per heavy atom. The molecule has 0 spiro atoms. The maximum atomic E-state index is 11.9. The van der Waals surface area contributed by atoms with Gasteiger partial charge in [0, 0.05) is 19.2 Å². The van der Waals surface area contributed by atoms with E-state index >= 15 is 0 Å². The van der Waals surface area contributed by atoms with E-state index in [4.69, 9.17) is 0 Å². The molecule has 0 saturated carbocycles. The minimum absolute atomic E-state index is 0.0683. The Balaban J connectivity index is 1.45. The molecule has 2 aromatic carbocycles. The van der Waals surface area contributed by atoms with E-state index in [2.05, 4.69) is 34.5 Å². The van der Waals surface area contributed by atoms with Gasteiger partial charge in [-0.15, -0.1) is 0 Å². The monoisotopic (exact) mass is 334 g/mol. The van der Waals surface area contributed by atoms with Crippen molar-refractivity contribution in [3.8, 4) is 0 Å². The van der Waals surface area contributed by atoms with E-state index in [1.165, 1.54) is 37.9 Å². The summed E-state index contributed by atoms with van der Waals surface area (Å²) in [6.07, 6.45) is 7.42. The third-order valence-corrected chi connectivity index (χ3v) is 4.57. The predicted octanol–water partition coefficient (Wildman–Crippen LogP) is 4.00. The Kier molecular flexibility index (Phi) is 6.41. The van der Waals surface area contributed by atoms with Crippen LogP contribution in [0.2, 0.25) is 0 Å². The van der Waals surface area contributed by atoms with Gasteiger partial charge in [0.05, 0.1) is 0 Å². The second kappa shape index (κ2) is 9.19. The number of benzene rings is 2. The highest BCUT2D eigenvalue weighted by molar-refractivity contribution is 5.91. The Hall–Kier alpha value is -2.39. The van der Waals surface area contributed by atoms with E-state index in [1.807, 2.05) is 36.4 Å². The van der Waals surface area contributed by atoms with Gasteiger partial charge in [0.15, 0.2) is 0 Å². The van der Waals surface area contributed by atoms with E-state index in [9.17, 15) is 4.79 Å². The van der Waals surface area contributed by atoms with Crippen molar-refractivity contribution in [3.05, 3.63) is 77.4 Å². The number of likely N-dealkylation sites (tertiary alicyclic amines) is 1. The molecule has 1 fully saturated rings. The quantitative estimate of drug-likeness (QED) is 0.810. The standard InChI is InChI=1S/C22H26N2O/c25-22(14-13-19-7-3-1-4-8-19)23-17-20-9-11-21(12-10-20)18-24-15-5-2-6-16-24/h1,3-4,7-14H,2,5-6,15-18H2,(H,23,25)/b14-13+. The first-order valence-corrected chi connectivity index (χ1v) is 9.11. The molecule has 0 unspecified atom stereocenters. The van der Waals surface area contributed by atoms with Crippen LogP contribution in [0.4, 0.5) is 0 Å². The van der Waals surface area contributed by atoms with Gasteiger partial charge in [0.2, 0.25) is 5.91 Å². The molecular formula is C22H26N2O. The average molecular weight is 334 g/mol. The molecule has 1 aliphatic rings. The average Bonchev–Trinajstić information content (AvgIpc) is 2.67. The van der Waals surface area contributed by atoms with Crippen LogP contribution in [0.5, 0.6) is 0 Å². The summed E-state index contributed by atoms with van der Waals surface area (Å²) in [6, 6.07) is 18.4. The summed E-state index contributed by atoms with van der Waals surface area (Å²) in [5.41, 5.74) is 3.50. The van der Waals surface area contributed by atoms with Crippen molar-refractivity contribution in [1.29, 1.82) is 0 Å². The summed E-state index contributed by atoms with van der Waals surface area (Å²) in [6.45, 7) is 4.02. The van der Waals surface area contributed by atoms with Crippen molar-refractivity contribution in [2.24, 2.45) is 0 Å². The van der Waals surface area contributed by atoms with Gasteiger partial charge in [-0.3, -0.25) is 9.69 Å². The number of nitrogens with one attached hydrogen (secondary N) is 1. The molecule has 0 aliphatic carbocycles. The first-order valence-electron chi connectivity index (χ1n) is 9.11. The zero-order valence-electron chi connectivity index (χ0n) is 14.7. The van der Waals surface area contributed by atoms with Crippen molar-refractivity contribution >= 4 is 12.0 Å². The van der Waals surface area contributed by atoms with Crippen LogP contribution in [0.3, 0.4) is 0 Å². The van der Waals surface area contributed by atoms with Gasteiger partial charge in [0.25, 0.3) is 0 Å². The minimum Gasteiger partial charge on any atom is -0.348 e. The second-order valence-electron chi connectivity index (χ2n) is 6.62. The van der Waals surface area contributed by atoms with Gasteiger partial charge in [-0.25, -0.2) is 0 Å². The number of carbonyl (C=O) groups excluding carboxylic acids is 1. The maximum absolute atomic E-state index is 11.9. The summed E-state index contributed by atoms with van der Waals surface area (Å²) >= 11 is 0. The van der Waals surface area contributed by atoms with Gasteiger partial charge in [0.1, 0.15) is 0 Å². The first-order chi connectivity index (χ1) is 12.3. The Morgan fingerprint density at radius 1 is 0.920 bits per heavy atom. The number of rotatable bonds is 6. The lowest BCUT2D eigenvalue weighted by atomic mass is 10.1. The molecule has 130 valence electrons. The highest BCUT2D eigenvalue weighted by Crippen LogP contribution is 2.13. The van der Waals surface area contributed by atoms with E-state index in [1.54, 1.807) is 6.08 Å². The highest BCUT2D eigenvalue weighted by Gasteiger charge is 2.10. The molecule has 3 heteroatoms. The van der Waals surface area contributed by atoms with Gasteiger partial charge in [-0.2, -0.15) is 0 Å². The zero-order chi connectivity index (χ0) is 17.3. The molecule has 1 N–H and O–H groups in total. The third kappa shape index (κ3) is 5.87. The van der Waals surface area contributed by atoms with E-state index in [0.29, 0.717) is 6.54 Å². The van der Waals surface area contributed by atoms with Gasteiger partial charge in [-0.1, -0.05) is 61.0 Å². The molecule has 0 atom stereocenters. The molecule has 0 aromatic heterocycles. The van der Waals surface area contributed by atoms with Crippen molar-refractivity contribution < 1.29 is 4.79 Å². The molecule has 2 aromatic rings. The number of nitrogens with zero attached hydrogens (tertiary/aromatic N) is 1. The lowest BCUT2D eigenvalue weighted by Gasteiger charge is -2.26. The fourth-order valence-electron chi connectivity index (χ4n) is 3.12. The summed E-state index contributed by atoms with van der Waals surface area (Å²) in [5, 5.41) is 2.93. The van der Waals surface area contributed by atoms with Crippen molar-refractivity contribution in [2.45, 2.75) is 32.4 Å². The molecule has 0 radical (unpaired) electrons. The molecule has 1 amide bonds. The molecule has 3 rings (SSSR count). The summed E-state index contributed by atoms with van der Waals surface area (Å²) in [5.74, 6) is -0.0683. The van der Waals surface area contributed by atoms with Crippen LogP contribution in [0, 0.1) is 0 Å². The first kappa shape index (κ1) is 17.4. The fraction of sp³-hybridized carbons (Fsp3) is 0.318. The van der Waals surface area contributed by atoms with Crippen LogP contribution < -0.4 is 5.32 Å². The molecule has 0 bridgehead atoms. The van der Waals surface area contributed by atoms with Gasteiger partial charge >= 0.3 is 0 Å². The summed E-state index contributed by atoms with van der Waals surface area (Å²) < 4.78 is 0. The molecule has 1 saturated heterocycles. The number of hydrogen-bond acceptors (Lipinski definition) is 2. The normalized spacial score (nSPS) is 15.4. The van der Waals surface area contributed by atoms with Crippen LogP contribution in [0.25, 0.3) is 6.08 Å². The topological polar surface area (TPSA) is 32.3 Å². The highest BCUT2D eigenvalue weighted by atomic mass is 16.1. The van der Waals surface area contributed by atoms with Crippen LogP contribution in [-0.2, 0) is 17.9 Å². The van der Waals surface area contributed by atoms with Crippen molar-refractivity contribution in [1.82, 2.24) is 10.2 Å². The number of hydrogen-bond donors (Lipinski definition) is 1. The molecule has 25 heavy (non-hydrogen) atoms. The van der Waals surface area contributed by atoms with Gasteiger partial charge in [-0.05, 0) is 48.7 Å². The maximum Gasteiger partial charge on any atom is 0.244 e. The molecular weight excluding hydrogens is 308 g/mol. The zero-order valence-corrected chi connectivity index (χ0v) is 14.7. The van der Waals surface area contributed by atoms with E-state index in [-0.39, 0.29) is 5.91 Å². The summed E-state index contributed by atoms with van der Waals surface area (Å²) in [4.78, 5) is 14.4. The SMILES string of the molecule is O=C(/C=C/c1ccccc1)NCc1ccc(CN2CCCCC2)cc1. The Morgan fingerprint density at radius 2 is 1.60 bits per heavy atom. The number of amides is 1. The van der Waals surface area contributed by atoms with Crippen LogP contribution in [-0.4, -0.2) is 23.9 Å².